The maximum absolute atomic E-state index is 6.08. The largest absolute Gasteiger partial charge is 0.501 e. The minimum atomic E-state index is -2.56. The van der Waals surface area contributed by atoms with Crippen molar-refractivity contribution in [2.24, 2.45) is 17.8 Å². The second-order valence-corrected chi connectivity index (χ2v) is 9.45. The van der Waals surface area contributed by atoms with E-state index >= 15 is 0 Å². The molecule has 0 radical (unpaired) electrons. The van der Waals surface area contributed by atoms with E-state index in [-0.39, 0.29) is 0 Å². The van der Waals surface area contributed by atoms with Gasteiger partial charge in [0.1, 0.15) is 0 Å². The zero-order chi connectivity index (χ0) is 14.9. The van der Waals surface area contributed by atoms with E-state index in [4.69, 9.17) is 13.3 Å². The first-order chi connectivity index (χ1) is 8.81. The molecule has 0 aromatic rings. The molecule has 116 valence electrons. The smallest absolute Gasteiger partial charge is 0.373 e. The van der Waals surface area contributed by atoms with Crippen molar-refractivity contribution in [2.75, 3.05) is 25.6 Å². The molecule has 0 aliphatic heterocycles. The highest BCUT2D eigenvalue weighted by molar-refractivity contribution is 7.80. The first-order valence-corrected chi connectivity index (χ1v) is 9.90. The summed E-state index contributed by atoms with van der Waals surface area (Å²) in [6.45, 7) is 14.9. The molecule has 0 amide bonds. The molecular formula is C14H32O3SSi. The predicted molar refractivity (Wildman–Crippen MR) is 86.8 cm³/mol. The van der Waals surface area contributed by atoms with Crippen LogP contribution in [0, 0.1) is 17.8 Å². The van der Waals surface area contributed by atoms with Gasteiger partial charge in [-0.05, 0) is 23.5 Å². The van der Waals surface area contributed by atoms with Crippen LogP contribution in [0.4, 0.5) is 0 Å². The van der Waals surface area contributed by atoms with E-state index < -0.39 is 8.80 Å². The molecule has 0 bridgehead atoms. The van der Waals surface area contributed by atoms with E-state index in [1.807, 2.05) is 0 Å². The summed E-state index contributed by atoms with van der Waals surface area (Å²) in [5.41, 5.74) is 0. The normalized spacial score (nSPS) is 12.9. The molecule has 0 unspecified atom stereocenters. The summed E-state index contributed by atoms with van der Waals surface area (Å²) >= 11 is 4.34. The molecule has 5 heteroatoms. The maximum atomic E-state index is 6.08. The highest BCUT2D eigenvalue weighted by Gasteiger charge is 2.41. The summed E-state index contributed by atoms with van der Waals surface area (Å²) < 4.78 is 18.2. The van der Waals surface area contributed by atoms with Crippen molar-refractivity contribution < 1.29 is 13.3 Å². The van der Waals surface area contributed by atoms with Crippen molar-refractivity contribution in [3.8, 4) is 0 Å². The standard InChI is InChI=1S/C14H32O3SSi/c1-12(2)9-15-19(8-7-18,16-10-13(3)4)17-11-14(5)6/h12-14,18H,7-11H2,1-6H3. The Bertz CT molecular complexity index is 191. The van der Waals surface area contributed by atoms with Crippen LogP contribution in [0.1, 0.15) is 41.5 Å². The van der Waals surface area contributed by atoms with Gasteiger partial charge in [0.2, 0.25) is 0 Å². The molecule has 0 saturated carbocycles. The molecule has 0 N–H and O–H groups in total. The SMILES string of the molecule is CC(C)CO[Si](CCS)(OCC(C)C)OCC(C)C. The summed E-state index contributed by atoms with van der Waals surface area (Å²) in [7, 11) is -2.56. The van der Waals surface area contributed by atoms with Gasteiger partial charge in [0.05, 0.1) is 0 Å². The van der Waals surface area contributed by atoms with Crippen LogP contribution in [-0.4, -0.2) is 34.4 Å². The Morgan fingerprint density at radius 2 is 1.05 bits per heavy atom. The van der Waals surface area contributed by atoms with Gasteiger partial charge in [-0.2, -0.15) is 12.6 Å². The Morgan fingerprint density at radius 1 is 0.737 bits per heavy atom. The van der Waals surface area contributed by atoms with Crippen LogP contribution in [0.3, 0.4) is 0 Å². The van der Waals surface area contributed by atoms with Crippen LogP contribution in [0.15, 0.2) is 0 Å². The second-order valence-electron chi connectivity index (χ2n) is 6.27. The molecule has 0 heterocycles. The van der Waals surface area contributed by atoms with Crippen LogP contribution in [-0.2, 0) is 13.3 Å². The third-order valence-corrected chi connectivity index (χ3v) is 5.65. The summed E-state index contributed by atoms with van der Waals surface area (Å²) in [4.78, 5) is 0. The topological polar surface area (TPSA) is 27.7 Å². The van der Waals surface area contributed by atoms with E-state index in [1.54, 1.807) is 0 Å². The van der Waals surface area contributed by atoms with Gasteiger partial charge in [-0.1, -0.05) is 41.5 Å². The molecule has 0 aromatic heterocycles. The van der Waals surface area contributed by atoms with Gasteiger partial charge < -0.3 is 13.3 Å². The molecule has 0 aliphatic rings. The van der Waals surface area contributed by atoms with Crippen molar-refractivity contribution >= 4 is 21.4 Å². The maximum Gasteiger partial charge on any atom is 0.501 e. The monoisotopic (exact) mass is 308 g/mol. The highest BCUT2D eigenvalue weighted by Crippen LogP contribution is 2.20. The molecular weight excluding hydrogens is 276 g/mol. The summed E-state index contributed by atoms with van der Waals surface area (Å²) in [5.74, 6) is 2.19. The van der Waals surface area contributed by atoms with E-state index in [0.717, 1.165) is 11.8 Å². The van der Waals surface area contributed by atoms with Crippen LogP contribution in [0.25, 0.3) is 0 Å². The third-order valence-electron chi connectivity index (χ3n) is 2.33. The zero-order valence-corrected chi connectivity index (χ0v) is 15.3. The number of hydrogen-bond acceptors (Lipinski definition) is 4. The lowest BCUT2D eigenvalue weighted by atomic mass is 10.2. The van der Waals surface area contributed by atoms with Crippen molar-refractivity contribution in [1.29, 1.82) is 0 Å². The molecule has 0 aliphatic carbocycles. The lowest BCUT2D eigenvalue weighted by Crippen LogP contribution is -2.48. The average Bonchev–Trinajstić information content (AvgIpc) is 2.31. The fourth-order valence-corrected chi connectivity index (χ4v) is 4.90. The van der Waals surface area contributed by atoms with E-state index in [1.165, 1.54) is 0 Å². The Balaban J connectivity index is 4.65. The fourth-order valence-electron chi connectivity index (χ4n) is 1.36. The Kier molecular flexibility index (Phi) is 10.5. The van der Waals surface area contributed by atoms with Crippen LogP contribution < -0.4 is 0 Å². The van der Waals surface area contributed by atoms with Gasteiger partial charge in [0.15, 0.2) is 0 Å². The molecule has 0 rings (SSSR count). The quantitative estimate of drug-likeness (QED) is 0.464. The number of thiol groups is 1. The van der Waals surface area contributed by atoms with Crippen LogP contribution in [0.5, 0.6) is 0 Å². The predicted octanol–water partition coefficient (Wildman–Crippen LogP) is 3.87. The van der Waals surface area contributed by atoms with Crippen molar-refractivity contribution in [1.82, 2.24) is 0 Å². The van der Waals surface area contributed by atoms with Gasteiger partial charge in [-0.15, -0.1) is 0 Å². The van der Waals surface area contributed by atoms with E-state index in [2.05, 4.69) is 54.2 Å². The summed E-state index contributed by atoms with van der Waals surface area (Å²) in [5, 5.41) is 0. The first kappa shape index (κ1) is 19.4. The molecule has 0 aromatic carbocycles. The van der Waals surface area contributed by atoms with Gasteiger partial charge in [-0.3, -0.25) is 0 Å². The minimum Gasteiger partial charge on any atom is -0.373 e. The molecule has 0 spiro atoms. The van der Waals surface area contributed by atoms with Crippen molar-refractivity contribution in [3.05, 3.63) is 0 Å². The van der Waals surface area contributed by atoms with Gasteiger partial charge in [0.25, 0.3) is 0 Å². The Labute approximate surface area is 126 Å². The lowest BCUT2D eigenvalue weighted by molar-refractivity contribution is 0.0381. The summed E-state index contributed by atoms with van der Waals surface area (Å²) in [6.07, 6.45) is 0. The minimum absolute atomic E-state index is 0.483. The van der Waals surface area contributed by atoms with Crippen molar-refractivity contribution in [3.63, 3.8) is 0 Å². The molecule has 3 nitrogen and oxygen atoms in total. The number of rotatable bonds is 11. The van der Waals surface area contributed by atoms with Crippen LogP contribution >= 0.6 is 12.6 Å². The third kappa shape index (κ3) is 9.90. The first-order valence-electron chi connectivity index (χ1n) is 7.34. The van der Waals surface area contributed by atoms with Crippen LogP contribution in [0.2, 0.25) is 6.04 Å². The zero-order valence-electron chi connectivity index (χ0n) is 13.4. The lowest BCUT2D eigenvalue weighted by Gasteiger charge is -2.31. The number of hydrogen-bond donors (Lipinski definition) is 1. The van der Waals surface area contributed by atoms with E-state index in [0.29, 0.717) is 37.6 Å². The Hall–Kier alpha value is 0.447. The van der Waals surface area contributed by atoms with Gasteiger partial charge >= 0.3 is 8.80 Å². The van der Waals surface area contributed by atoms with Gasteiger partial charge in [-0.25, -0.2) is 0 Å². The molecule has 19 heavy (non-hydrogen) atoms. The summed E-state index contributed by atoms with van der Waals surface area (Å²) in [6, 6.07) is 0.780. The fraction of sp³-hybridized carbons (Fsp3) is 1.00. The molecule has 0 atom stereocenters. The molecule has 0 fully saturated rings. The Morgan fingerprint density at radius 3 is 1.26 bits per heavy atom. The van der Waals surface area contributed by atoms with E-state index in [9.17, 15) is 0 Å². The second kappa shape index (κ2) is 10.2. The highest BCUT2D eigenvalue weighted by atomic mass is 32.1. The average molecular weight is 309 g/mol. The van der Waals surface area contributed by atoms with Crippen molar-refractivity contribution in [2.45, 2.75) is 47.6 Å². The molecule has 0 saturated heterocycles. The van der Waals surface area contributed by atoms with Gasteiger partial charge in [0, 0.05) is 25.9 Å².